The Morgan fingerprint density at radius 1 is 1.08 bits per heavy atom. The van der Waals surface area contributed by atoms with Gasteiger partial charge in [-0.15, -0.1) is 0 Å². The van der Waals surface area contributed by atoms with E-state index >= 15 is 0 Å². The molecule has 2 N–H and O–H groups in total. The topological polar surface area (TPSA) is 108 Å². The van der Waals surface area contributed by atoms with Crippen molar-refractivity contribution in [3.63, 3.8) is 0 Å². The lowest BCUT2D eigenvalue weighted by Crippen LogP contribution is -2.45. The van der Waals surface area contributed by atoms with Crippen LogP contribution in [0.25, 0.3) is 5.76 Å². The number of nitro groups is 1. The van der Waals surface area contributed by atoms with E-state index < -0.39 is 10.8 Å². The van der Waals surface area contributed by atoms with Gasteiger partial charge in [0.25, 0.3) is 5.69 Å². The number of halogens is 1. The second-order valence-electron chi connectivity index (χ2n) is 10.9. The highest BCUT2D eigenvalue weighted by atomic mass is 35.5. The van der Waals surface area contributed by atoms with E-state index in [1.54, 1.807) is 53.4 Å². The zero-order valence-electron chi connectivity index (χ0n) is 21.9. The highest BCUT2D eigenvalue weighted by Crippen LogP contribution is 2.51. The molecule has 0 saturated heterocycles. The Labute approximate surface area is 231 Å². The van der Waals surface area contributed by atoms with Crippen molar-refractivity contribution in [1.82, 2.24) is 0 Å². The van der Waals surface area contributed by atoms with E-state index in [9.17, 15) is 25.4 Å². The molecule has 7 nitrogen and oxygen atoms in total. The summed E-state index contributed by atoms with van der Waals surface area (Å²) >= 11 is 6.17. The summed E-state index contributed by atoms with van der Waals surface area (Å²) in [5, 5.41) is 33.4. The van der Waals surface area contributed by atoms with Gasteiger partial charge in [0.05, 0.1) is 4.92 Å². The van der Waals surface area contributed by atoms with Gasteiger partial charge in [0.15, 0.2) is 5.78 Å². The molecule has 1 aliphatic carbocycles. The Morgan fingerprint density at radius 3 is 2.38 bits per heavy atom. The molecule has 0 spiro atoms. The summed E-state index contributed by atoms with van der Waals surface area (Å²) in [5.41, 5.74) is 3.40. The van der Waals surface area contributed by atoms with E-state index in [2.05, 4.69) is 0 Å². The molecule has 0 aromatic heterocycles. The largest absolute Gasteiger partial charge is 0.507 e. The zero-order valence-corrected chi connectivity index (χ0v) is 22.6. The predicted molar refractivity (Wildman–Crippen MR) is 153 cm³/mol. The Balaban J connectivity index is 1.86. The number of aliphatic hydroxyl groups is 1. The number of hydrogen-bond acceptors (Lipinski definition) is 5. The van der Waals surface area contributed by atoms with Crippen molar-refractivity contribution in [3.05, 3.63) is 121 Å². The number of non-ortho nitro benzene ring substituents is 1. The van der Waals surface area contributed by atoms with Gasteiger partial charge in [-0.25, -0.2) is 0 Å². The third-order valence-corrected chi connectivity index (χ3v) is 7.55. The number of allylic oxidation sites excluding steroid dienone is 2. The summed E-state index contributed by atoms with van der Waals surface area (Å²) in [6.07, 6.45) is 0.778. The fourth-order valence-corrected chi connectivity index (χ4v) is 5.63. The standard InChI is InChI=1S/C31H28ClN3O4/c1-18-7-9-19(10-8-18)29(37)28-26(20-5-4-6-23(15-20)35(38)39)27-24(16-31(2,3)17-25(27)36)34(30(28)33)22-13-11-21(32)12-14-22/h4-15,26,33,37H,16-17H2,1-3H3/b29-28+,33-30?. The van der Waals surface area contributed by atoms with Crippen LogP contribution in [0.15, 0.2) is 89.6 Å². The molecule has 5 rings (SSSR count). The van der Waals surface area contributed by atoms with Crippen LogP contribution >= 0.6 is 11.6 Å². The van der Waals surface area contributed by atoms with Crippen LogP contribution in [0.2, 0.25) is 5.02 Å². The third-order valence-electron chi connectivity index (χ3n) is 7.30. The summed E-state index contributed by atoms with van der Waals surface area (Å²) in [6.45, 7) is 5.95. The number of hydrogen-bond donors (Lipinski definition) is 2. The minimum absolute atomic E-state index is 0.00356. The summed E-state index contributed by atoms with van der Waals surface area (Å²) in [7, 11) is 0. The van der Waals surface area contributed by atoms with Gasteiger partial charge in [-0.3, -0.25) is 25.2 Å². The number of aliphatic hydroxyl groups excluding tert-OH is 1. The molecule has 1 aliphatic heterocycles. The number of carbonyl (C=O) groups excluding carboxylic acids is 1. The molecule has 0 amide bonds. The molecule has 1 atom stereocenters. The van der Waals surface area contributed by atoms with Crippen molar-refractivity contribution in [1.29, 1.82) is 5.41 Å². The molecular formula is C31H28ClN3O4. The molecule has 198 valence electrons. The summed E-state index contributed by atoms with van der Waals surface area (Å²) < 4.78 is 0. The fraction of sp³-hybridized carbons (Fsp3) is 0.226. The van der Waals surface area contributed by atoms with Gasteiger partial charge in [-0.05, 0) is 48.6 Å². The van der Waals surface area contributed by atoms with Crippen molar-refractivity contribution in [3.8, 4) is 0 Å². The van der Waals surface area contributed by atoms with Crippen molar-refractivity contribution in [2.75, 3.05) is 4.90 Å². The van der Waals surface area contributed by atoms with Gasteiger partial charge in [0.2, 0.25) is 0 Å². The van der Waals surface area contributed by atoms with Crippen molar-refractivity contribution in [2.24, 2.45) is 5.41 Å². The maximum atomic E-state index is 13.9. The molecule has 8 heteroatoms. The Hall–Kier alpha value is -4.23. The Bertz CT molecular complexity index is 1570. The molecule has 1 unspecified atom stereocenters. The second kappa shape index (κ2) is 9.82. The molecular weight excluding hydrogens is 514 g/mol. The van der Waals surface area contributed by atoms with E-state index in [1.165, 1.54) is 12.1 Å². The van der Waals surface area contributed by atoms with Gasteiger partial charge in [0, 0.05) is 57.6 Å². The summed E-state index contributed by atoms with van der Waals surface area (Å²) in [6, 6.07) is 20.3. The molecule has 2 aliphatic rings. The average Bonchev–Trinajstić information content (AvgIpc) is 2.88. The molecule has 3 aromatic rings. The zero-order chi connectivity index (χ0) is 28.1. The number of nitrogens with zero attached hydrogens (tertiary/aromatic N) is 2. The number of nitro benzene ring substituents is 1. The second-order valence-corrected chi connectivity index (χ2v) is 11.3. The molecule has 39 heavy (non-hydrogen) atoms. The van der Waals surface area contributed by atoms with Crippen LogP contribution in [0.5, 0.6) is 0 Å². The molecule has 0 saturated carbocycles. The van der Waals surface area contributed by atoms with Crippen LogP contribution in [0.1, 0.15) is 49.3 Å². The smallest absolute Gasteiger partial charge is 0.269 e. The van der Waals surface area contributed by atoms with Crippen molar-refractivity contribution >= 4 is 40.4 Å². The first kappa shape index (κ1) is 26.4. The van der Waals surface area contributed by atoms with Gasteiger partial charge in [-0.2, -0.15) is 0 Å². The number of carbonyl (C=O) groups is 1. The Kier molecular flexibility index (Phi) is 6.64. The number of nitrogens with one attached hydrogen (secondary N) is 1. The lowest BCUT2D eigenvalue weighted by Gasteiger charge is -2.45. The number of anilines is 1. The quantitative estimate of drug-likeness (QED) is 0.199. The van der Waals surface area contributed by atoms with Crippen LogP contribution in [-0.2, 0) is 4.79 Å². The summed E-state index contributed by atoms with van der Waals surface area (Å²) in [5.74, 6) is -1.13. The SMILES string of the molecule is Cc1ccc(/C(O)=C2\C(=N)N(c3ccc(Cl)cc3)C3=C(C(=O)CC(C)(C)C3)C2c2cccc([N+](=O)[O-])c2)cc1. The lowest BCUT2D eigenvalue weighted by molar-refractivity contribution is -0.384. The first-order valence-electron chi connectivity index (χ1n) is 12.6. The first-order chi connectivity index (χ1) is 18.5. The molecule has 3 aromatic carbocycles. The Morgan fingerprint density at radius 2 is 1.74 bits per heavy atom. The highest BCUT2D eigenvalue weighted by Gasteiger charge is 2.47. The van der Waals surface area contributed by atoms with E-state index in [4.69, 9.17) is 11.6 Å². The van der Waals surface area contributed by atoms with Crippen LogP contribution < -0.4 is 4.90 Å². The number of Topliss-reactive ketones (excluding diaryl/α,β-unsaturated/α-hetero) is 1. The molecule has 0 radical (unpaired) electrons. The number of benzene rings is 3. The van der Waals surface area contributed by atoms with E-state index in [0.29, 0.717) is 39.5 Å². The van der Waals surface area contributed by atoms with Crippen molar-refractivity contribution < 1.29 is 14.8 Å². The number of amidine groups is 1. The van der Waals surface area contributed by atoms with Gasteiger partial charge < -0.3 is 5.11 Å². The van der Waals surface area contributed by atoms with Gasteiger partial charge in [0.1, 0.15) is 11.6 Å². The van der Waals surface area contributed by atoms with Crippen LogP contribution in [0.3, 0.4) is 0 Å². The van der Waals surface area contributed by atoms with Crippen molar-refractivity contribution in [2.45, 2.75) is 39.5 Å². The summed E-state index contributed by atoms with van der Waals surface area (Å²) in [4.78, 5) is 26.8. The average molecular weight is 542 g/mol. The van der Waals surface area contributed by atoms with Gasteiger partial charge in [-0.1, -0.05) is 67.4 Å². The maximum Gasteiger partial charge on any atom is 0.269 e. The minimum Gasteiger partial charge on any atom is -0.507 e. The van der Waals surface area contributed by atoms with E-state index in [-0.39, 0.29) is 40.5 Å². The maximum absolute atomic E-state index is 13.9. The minimum atomic E-state index is -0.860. The number of ketones is 1. The first-order valence-corrected chi connectivity index (χ1v) is 13.0. The monoisotopic (exact) mass is 541 g/mol. The van der Waals surface area contributed by atoms with Crippen LogP contribution in [0.4, 0.5) is 11.4 Å². The third kappa shape index (κ3) is 4.86. The van der Waals surface area contributed by atoms with Crippen LogP contribution in [0, 0.1) is 27.9 Å². The highest BCUT2D eigenvalue weighted by molar-refractivity contribution is 6.30. The molecule has 0 bridgehead atoms. The predicted octanol–water partition coefficient (Wildman–Crippen LogP) is 7.75. The van der Waals surface area contributed by atoms with E-state index in [0.717, 1.165) is 5.56 Å². The van der Waals surface area contributed by atoms with E-state index in [1.807, 2.05) is 32.9 Å². The van der Waals surface area contributed by atoms with Crippen LogP contribution in [-0.4, -0.2) is 21.6 Å². The number of aryl methyl sites for hydroxylation is 1. The van der Waals surface area contributed by atoms with Gasteiger partial charge >= 0.3 is 0 Å². The fourth-order valence-electron chi connectivity index (χ4n) is 5.51. The molecule has 0 fully saturated rings. The number of rotatable bonds is 4. The normalized spacial score (nSPS) is 20.1. The lowest BCUT2D eigenvalue weighted by atomic mass is 9.67. The molecule has 1 heterocycles.